The topological polar surface area (TPSA) is 58.6 Å². The van der Waals surface area contributed by atoms with Gasteiger partial charge in [0.05, 0.1) is 6.10 Å². The summed E-state index contributed by atoms with van der Waals surface area (Å²) in [7, 11) is 1.47. The first-order valence-corrected chi connectivity index (χ1v) is 3.91. The molecule has 0 aliphatic carbocycles. The van der Waals surface area contributed by atoms with Gasteiger partial charge >= 0.3 is 0 Å². The van der Waals surface area contributed by atoms with Gasteiger partial charge in [0.25, 0.3) is 5.91 Å². The fourth-order valence-electron chi connectivity index (χ4n) is 0.546. The summed E-state index contributed by atoms with van der Waals surface area (Å²) in [5, 5.41) is 11.4. The fraction of sp³-hybridized carbons (Fsp3) is 0.875. The van der Waals surface area contributed by atoms with Gasteiger partial charge in [-0.3, -0.25) is 4.79 Å². The first-order valence-electron chi connectivity index (χ1n) is 3.91. The lowest BCUT2D eigenvalue weighted by Gasteiger charge is -2.21. The molecule has 1 amide bonds. The summed E-state index contributed by atoms with van der Waals surface area (Å²) in [6, 6.07) is 0. The molecule has 0 bridgehead atoms. The lowest BCUT2D eigenvalue weighted by molar-refractivity contribution is -0.139. The third kappa shape index (κ3) is 3.69. The number of nitrogens with one attached hydrogen (secondary N) is 1. The van der Waals surface area contributed by atoms with Gasteiger partial charge in [-0.2, -0.15) is 0 Å². The quantitative estimate of drug-likeness (QED) is 0.627. The van der Waals surface area contributed by atoms with Crippen LogP contribution in [-0.4, -0.2) is 36.4 Å². The van der Waals surface area contributed by atoms with Crippen molar-refractivity contribution in [2.24, 2.45) is 0 Å². The van der Waals surface area contributed by atoms with Crippen molar-refractivity contribution in [1.29, 1.82) is 0 Å². The van der Waals surface area contributed by atoms with Crippen LogP contribution in [0.3, 0.4) is 0 Å². The van der Waals surface area contributed by atoms with Gasteiger partial charge in [-0.25, -0.2) is 0 Å². The van der Waals surface area contributed by atoms with Gasteiger partial charge in [-0.15, -0.1) is 0 Å². The Balaban J connectivity index is 3.88. The minimum Gasteiger partial charge on any atom is -0.392 e. The normalized spacial score (nSPS) is 14.1. The van der Waals surface area contributed by atoms with E-state index in [0.29, 0.717) is 0 Å². The molecule has 0 saturated carbocycles. The Hall–Kier alpha value is -0.610. The van der Waals surface area contributed by atoms with E-state index >= 15 is 0 Å². The Kier molecular flexibility index (Phi) is 4.20. The number of hydrogen-bond acceptors (Lipinski definition) is 3. The summed E-state index contributed by atoms with van der Waals surface area (Å²) >= 11 is 0. The van der Waals surface area contributed by atoms with Crippen molar-refractivity contribution in [3.63, 3.8) is 0 Å². The van der Waals surface area contributed by atoms with Gasteiger partial charge < -0.3 is 15.2 Å². The zero-order valence-electron chi connectivity index (χ0n) is 8.05. The number of carbonyl (C=O) groups excluding carboxylic acids is 1. The second kappa shape index (κ2) is 4.42. The molecule has 0 aromatic rings. The maximum absolute atomic E-state index is 11.3. The number of aliphatic hydroxyl groups is 1. The van der Waals surface area contributed by atoms with Crippen molar-refractivity contribution in [2.45, 2.75) is 32.5 Å². The largest absolute Gasteiger partial charge is 0.392 e. The molecule has 2 N–H and O–H groups in total. The fourth-order valence-corrected chi connectivity index (χ4v) is 0.546. The number of rotatable bonds is 4. The molecule has 4 heteroatoms. The van der Waals surface area contributed by atoms with Crippen molar-refractivity contribution < 1.29 is 14.6 Å². The molecular weight excluding hydrogens is 158 g/mol. The average Bonchev–Trinajstić information content (AvgIpc) is 2.00. The van der Waals surface area contributed by atoms with Crippen molar-refractivity contribution in [3.05, 3.63) is 0 Å². The van der Waals surface area contributed by atoms with E-state index in [9.17, 15) is 4.79 Å². The Labute approximate surface area is 72.9 Å². The van der Waals surface area contributed by atoms with Crippen LogP contribution in [0.5, 0.6) is 0 Å². The number of carbonyl (C=O) groups is 1. The van der Waals surface area contributed by atoms with E-state index in [0.717, 1.165) is 0 Å². The first kappa shape index (κ1) is 11.4. The lowest BCUT2D eigenvalue weighted by Crippen LogP contribution is -2.45. The molecule has 0 radical (unpaired) electrons. The molecule has 1 unspecified atom stereocenters. The van der Waals surface area contributed by atoms with Crippen LogP contribution < -0.4 is 5.32 Å². The van der Waals surface area contributed by atoms with Crippen LogP contribution in [0.15, 0.2) is 0 Å². The molecule has 4 nitrogen and oxygen atoms in total. The Bertz CT molecular complexity index is 154. The number of hydrogen-bond donors (Lipinski definition) is 2. The molecule has 0 saturated heterocycles. The zero-order valence-corrected chi connectivity index (χ0v) is 8.05. The number of amides is 1. The van der Waals surface area contributed by atoms with E-state index in [1.807, 2.05) is 0 Å². The maximum Gasteiger partial charge on any atom is 0.251 e. The van der Waals surface area contributed by atoms with Crippen LogP contribution in [0.2, 0.25) is 0 Å². The molecule has 0 aliphatic heterocycles. The van der Waals surface area contributed by atoms with Crippen LogP contribution >= 0.6 is 0 Å². The van der Waals surface area contributed by atoms with Crippen LogP contribution in [0, 0.1) is 0 Å². The average molecular weight is 175 g/mol. The van der Waals surface area contributed by atoms with E-state index in [1.54, 1.807) is 20.8 Å². The van der Waals surface area contributed by atoms with Gasteiger partial charge in [0.15, 0.2) is 0 Å². The van der Waals surface area contributed by atoms with Gasteiger partial charge in [-0.05, 0) is 20.8 Å². The molecule has 0 aliphatic rings. The minimum absolute atomic E-state index is 0.217. The summed E-state index contributed by atoms with van der Waals surface area (Å²) in [4.78, 5) is 11.3. The molecule has 12 heavy (non-hydrogen) atoms. The van der Waals surface area contributed by atoms with E-state index in [1.165, 1.54) is 7.11 Å². The third-order valence-electron chi connectivity index (χ3n) is 1.62. The monoisotopic (exact) mass is 175 g/mol. The summed E-state index contributed by atoms with van der Waals surface area (Å²) in [6.45, 7) is 5.21. The number of aliphatic hydroxyl groups excluding tert-OH is 1. The maximum atomic E-state index is 11.3. The highest BCUT2D eigenvalue weighted by atomic mass is 16.5. The second-order valence-electron chi connectivity index (χ2n) is 3.27. The zero-order chi connectivity index (χ0) is 9.78. The molecule has 1 atom stereocenters. The molecule has 72 valence electrons. The highest BCUT2D eigenvalue weighted by Gasteiger charge is 2.26. The highest BCUT2D eigenvalue weighted by Crippen LogP contribution is 2.06. The molecular formula is C8H17NO3. The van der Waals surface area contributed by atoms with Crippen LogP contribution in [-0.2, 0) is 9.53 Å². The van der Waals surface area contributed by atoms with Gasteiger partial charge in [0.1, 0.15) is 5.60 Å². The predicted octanol–water partition coefficient (Wildman–Crippen LogP) is -0.0916. The first-order chi connectivity index (χ1) is 5.40. The van der Waals surface area contributed by atoms with Gasteiger partial charge in [0, 0.05) is 13.7 Å². The molecule has 0 rings (SSSR count). The van der Waals surface area contributed by atoms with Crippen LogP contribution in [0.1, 0.15) is 20.8 Å². The molecule has 0 aromatic heterocycles. The highest BCUT2D eigenvalue weighted by molar-refractivity contribution is 5.84. The Morgan fingerprint density at radius 3 is 2.50 bits per heavy atom. The Morgan fingerprint density at radius 2 is 2.17 bits per heavy atom. The van der Waals surface area contributed by atoms with Crippen molar-refractivity contribution in [2.75, 3.05) is 13.7 Å². The smallest absolute Gasteiger partial charge is 0.251 e. The summed E-state index contributed by atoms with van der Waals surface area (Å²) in [6.07, 6.45) is -0.526. The minimum atomic E-state index is -0.825. The molecule has 0 fully saturated rings. The number of ether oxygens (including phenoxy) is 1. The second-order valence-corrected chi connectivity index (χ2v) is 3.27. The summed E-state index contributed by atoms with van der Waals surface area (Å²) in [5.41, 5.74) is -0.825. The third-order valence-corrected chi connectivity index (χ3v) is 1.62. The van der Waals surface area contributed by atoms with E-state index in [2.05, 4.69) is 5.32 Å². The van der Waals surface area contributed by atoms with Crippen molar-refractivity contribution in [1.82, 2.24) is 5.32 Å². The molecule has 0 heterocycles. The van der Waals surface area contributed by atoms with Crippen molar-refractivity contribution >= 4 is 5.91 Å². The molecule has 0 spiro atoms. The summed E-state index contributed by atoms with van der Waals surface area (Å²) in [5.74, 6) is -0.217. The van der Waals surface area contributed by atoms with E-state index < -0.39 is 11.7 Å². The lowest BCUT2D eigenvalue weighted by atomic mass is 10.1. The van der Waals surface area contributed by atoms with Gasteiger partial charge in [-0.1, -0.05) is 0 Å². The number of methoxy groups -OCH3 is 1. The van der Waals surface area contributed by atoms with E-state index in [4.69, 9.17) is 9.84 Å². The van der Waals surface area contributed by atoms with E-state index in [-0.39, 0.29) is 12.5 Å². The standard InChI is InChI=1S/C8H17NO3/c1-6(10)5-9-7(11)8(2,3)12-4/h6,10H,5H2,1-4H3,(H,9,11). The van der Waals surface area contributed by atoms with Crippen LogP contribution in [0.4, 0.5) is 0 Å². The SMILES string of the molecule is COC(C)(C)C(=O)NCC(C)O. The molecule has 0 aromatic carbocycles. The van der Waals surface area contributed by atoms with Crippen molar-refractivity contribution in [3.8, 4) is 0 Å². The summed E-state index contributed by atoms with van der Waals surface area (Å²) < 4.78 is 4.94. The van der Waals surface area contributed by atoms with Gasteiger partial charge in [0.2, 0.25) is 0 Å². The van der Waals surface area contributed by atoms with Crippen LogP contribution in [0.25, 0.3) is 0 Å². The Morgan fingerprint density at radius 1 is 1.67 bits per heavy atom. The predicted molar refractivity (Wildman–Crippen MR) is 45.8 cm³/mol.